The molecule has 0 amide bonds. The number of benzene rings is 1. The first-order valence-electron chi connectivity index (χ1n) is 11.8. The maximum Gasteiger partial charge on any atom is 0.252 e. The quantitative estimate of drug-likeness (QED) is 0.574. The molecule has 0 bridgehead atoms. The normalized spacial score (nSPS) is 18.1. The smallest absolute Gasteiger partial charge is 0.252 e. The Kier molecular flexibility index (Phi) is 5.87. The largest absolute Gasteiger partial charge is 0.372 e. The summed E-state index contributed by atoms with van der Waals surface area (Å²) in [6, 6.07) is 12.2. The number of aromatic nitrogens is 3. The van der Waals surface area contributed by atoms with Gasteiger partial charge < -0.3 is 10.2 Å². The van der Waals surface area contributed by atoms with E-state index in [4.69, 9.17) is 4.98 Å². The maximum atomic E-state index is 12.8. The molecular formula is C25H31N5O. The highest BCUT2D eigenvalue weighted by atomic mass is 16.1. The molecule has 31 heavy (non-hydrogen) atoms. The fraction of sp³-hybridized carbons (Fsp3) is 0.480. The zero-order valence-electron chi connectivity index (χ0n) is 18.1. The van der Waals surface area contributed by atoms with Gasteiger partial charge in [-0.3, -0.25) is 9.36 Å². The Bertz CT molecular complexity index is 1080. The Morgan fingerprint density at radius 1 is 0.839 bits per heavy atom. The van der Waals surface area contributed by atoms with Crippen molar-refractivity contribution in [2.24, 2.45) is 0 Å². The van der Waals surface area contributed by atoms with Crippen molar-refractivity contribution in [1.82, 2.24) is 14.5 Å². The van der Waals surface area contributed by atoms with Crippen molar-refractivity contribution in [3.8, 4) is 0 Å². The zero-order valence-corrected chi connectivity index (χ0v) is 18.1. The van der Waals surface area contributed by atoms with Crippen molar-refractivity contribution >= 4 is 28.4 Å². The van der Waals surface area contributed by atoms with E-state index in [0.717, 1.165) is 42.7 Å². The standard InChI is InChI=1S/C25H31N5O/c31-23-15-10-19-18-26-25(28-24(19)30(23)22-8-4-1-2-5-9-22)27-20-11-13-21(14-12-20)29-16-6-3-7-17-29/h10-15,18,22H,1-9,16-17H2,(H,26,27,28). The highest BCUT2D eigenvalue weighted by Gasteiger charge is 2.18. The Morgan fingerprint density at radius 2 is 1.55 bits per heavy atom. The van der Waals surface area contributed by atoms with E-state index >= 15 is 0 Å². The summed E-state index contributed by atoms with van der Waals surface area (Å²) >= 11 is 0. The number of hydrogen-bond acceptors (Lipinski definition) is 5. The monoisotopic (exact) mass is 417 g/mol. The number of anilines is 3. The van der Waals surface area contributed by atoms with Crippen LogP contribution < -0.4 is 15.8 Å². The minimum absolute atomic E-state index is 0.0370. The van der Waals surface area contributed by atoms with Crippen LogP contribution in [0.3, 0.4) is 0 Å². The third-order valence-corrected chi connectivity index (χ3v) is 6.70. The Balaban J connectivity index is 1.41. The summed E-state index contributed by atoms with van der Waals surface area (Å²) in [4.78, 5) is 24.5. The molecule has 0 unspecified atom stereocenters. The van der Waals surface area contributed by atoms with E-state index in [9.17, 15) is 4.79 Å². The fourth-order valence-corrected chi connectivity index (χ4v) is 5.00. The van der Waals surface area contributed by atoms with E-state index in [2.05, 4.69) is 39.5 Å². The van der Waals surface area contributed by atoms with Crippen LogP contribution in [0.25, 0.3) is 11.0 Å². The molecule has 2 aliphatic rings. The predicted octanol–water partition coefficient (Wildman–Crippen LogP) is 5.42. The summed E-state index contributed by atoms with van der Waals surface area (Å²) in [5, 5.41) is 4.24. The molecule has 2 aromatic heterocycles. The Hall–Kier alpha value is -2.89. The fourth-order valence-electron chi connectivity index (χ4n) is 5.00. The summed E-state index contributed by atoms with van der Waals surface area (Å²) in [7, 11) is 0. The lowest BCUT2D eigenvalue weighted by atomic mass is 10.1. The van der Waals surface area contributed by atoms with Gasteiger partial charge in [0.25, 0.3) is 5.56 Å². The summed E-state index contributed by atoms with van der Waals surface area (Å²) in [6.07, 6.45) is 12.6. The van der Waals surface area contributed by atoms with Crippen LogP contribution in [0.4, 0.5) is 17.3 Å². The van der Waals surface area contributed by atoms with Crippen molar-refractivity contribution < 1.29 is 0 Å². The van der Waals surface area contributed by atoms with Crippen LogP contribution in [0, 0.1) is 0 Å². The van der Waals surface area contributed by atoms with Gasteiger partial charge in [0.15, 0.2) is 0 Å². The molecule has 3 heterocycles. The van der Waals surface area contributed by atoms with Crippen LogP contribution >= 0.6 is 0 Å². The van der Waals surface area contributed by atoms with Gasteiger partial charge in [0.2, 0.25) is 5.95 Å². The number of nitrogens with zero attached hydrogens (tertiary/aromatic N) is 4. The van der Waals surface area contributed by atoms with Crippen molar-refractivity contribution in [2.45, 2.75) is 63.8 Å². The number of rotatable bonds is 4. The minimum atomic E-state index is 0.0370. The van der Waals surface area contributed by atoms with Gasteiger partial charge in [-0.15, -0.1) is 0 Å². The first kappa shape index (κ1) is 20.0. The topological polar surface area (TPSA) is 63.1 Å². The molecule has 1 aliphatic heterocycles. The van der Waals surface area contributed by atoms with Crippen LogP contribution in [0.2, 0.25) is 0 Å². The van der Waals surface area contributed by atoms with Crippen molar-refractivity contribution in [3.63, 3.8) is 0 Å². The lowest BCUT2D eigenvalue weighted by Gasteiger charge is -2.28. The van der Waals surface area contributed by atoms with Crippen LogP contribution in [0.15, 0.2) is 47.4 Å². The lowest BCUT2D eigenvalue weighted by molar-refractivity contribution is 0.442. The molecule has 0 atom stereocenters. The summed E-state index contributed by atoms with van der Waals surface area (Å²) in [5.41, 5.74) is 3.00. The molecule has 6 nitrogen and oxygen atoms in total. The Labute approximate surface area is 183 Å². The van der Waals surface area contributed by atoms with Crippen molar-refractivity contribution in [2.75, 3.05) is 23.3 Å². The molecule has 1 aliphatic carbocycles. The molecule has 162 valence electrons. The van der Waals surface area contributed by atoms with E-state index in [0.29, 0.717) is 5.95 Å². The summed E-state index contributed by atoms with van der Waals surface area (Å²) in [5.74, 6) is 0.534. The SMILES string of the molecule is O=c1ccc2cnc(Nc3ccc(N4CCCCC4)cc3)nc2n1C1CCCCCC1. The molecule has 3 aromatic rings. The van der Waals surface area contributed by atoms with E-state index in [1.807, 2.05) is 16.8 Å². The Morgan fingerprint density at radius 3 is 2.29 bits per heavy atom. The number of pyridine rings is 1. The molecule has 5 rings (SSSR count). The van der Waals surface area contributed by atoms with Crippen LogP contribution in [0.5, 0.6) is 0 Å². The third-order valence-electron chi connectivity index (χ3n) is 6.70. The van der Waals surface area contributed by atoms with Gasteiger partial charge in [-0.25, -0.2) is 4.98 Å². The van der Waals surface area contributed by atoms with E-state index < -0.39 is 0 Å². The van der Waals surface area contributed by atoms with Gasteiger partial charge >= 0.3 is 0 Å². The number of nitrogens with one attached hydrogen (secondary N) is 1. The van der Waals surface area contributed by atoms with E-state index in [-0.39, 0.29) is 11.6 Å². The van der Waals surface area contributed by atoms with Crippen molar-refractivity contribution in [3.05, 3.63) is 52.9 Å². The average Bonchev–Trinajstić information content (AvgIpc) is 3.09. The lowest BCUT2D eigenvalue weighted by Crippen LogP contribution is -2.29. The molecule has 1 saturated carbocycles. The molecule has 2 fully saturated rings. The number of hydrogen-bond donors (Lipinski definition) is 1. The first-order valence-corrected chi connectivity index (χ1v) is 11.8. The summed E-state index contributed by atoms with van der Waals surface area (Å²) < 4.78 is 1.91. The highest BCUT2D eigenvalue weighted by molar-refractivity contribution is 5.76. The molecule has 0 spiro atoms. The van der Waals surface area contributed by atoms with E-state index in [1.54, 1.807) is 6.07 Å². The number of piperidine rings is 1. The van der Waals surface area contributed by atoms with Crippen LogP contribution in [-0.4, -0.2) is 27.6 Å². The maximum absolute atomic E-state index is 12.8. The van der Waals surface area contributed by atoms with Crippen molar-refractivity contribution in [1.29, 1.82) is 0 Å². The second-order valence-electron chi connectivity index (χ2n) is 8.88. The number of fused-ring (bicyclic) bond motifs is 1. The van der Waals surface area contributed by atoms with Gasteiger partial charge in [0.05, 0.1) is 0 Å². The van der Waals surface area contributed by atoms with Gasteiger partial charge in [-0.1, -0.05) is 25.7 Å². The van der Waals surface area contributed by atoms with Crippen LogP contribution in [-0.2, 0) is 0 Å². The van der Waals surface area contributed by atoms with Gasteiger partial charge in [0.1, 0.15) is 5.65 Å². The predicted molar refractivity (Wildman–Crippen MR) is 126 cm³/mol. The molecule has 0 radical (unpaired) electrons. The minimum Gasteiger partial charge on any atom is -0.372 e. The second kappa shape index (κ2) is 9.08. The molecule has 1 saturated heterocycles. The average molecular weight is 418 g/mol. The van der Waals surface area contributed by atoms with Gasteiger partial charge in [-0.2, -0.15) is 4.98 Å². The van der Waals surface area contributed by atoms with Crippen LogP contribution in [0.1, 0.15) is 63.8 Å². The third kappa shape index (κ3) is 4.43. The first-order chi connectivity index (χ1) is 15.3. The zero-order chi connectivity index (χ0) is 21.0. The molecule has 6 heteroatoms. The molecule has 1 N–H and O–H groups in total. The van der Waals surface area contributed by atoms with E-state index in [1.165, 1.54) is 50.6 Å². The summed E-state index contributed by atoms with van der Waals surface area (Å²) in [6.45, 7) is 2.28. The molecule has 1 aromatic carbocycles. The van der Waals surface area contributed by atoms with Gasteiger partial charge in [0, 0.05) is 48.2 Å². The van der Waals surface area contributed by atoms with Gasteiger partial charge in [-0.05, 0) is 62.4 Å². The second-order valence-corrected chi connectivity index (χ2v) is 8.88. The molecular weight excluding hydrogens is 386 g/mol. The highest BCUT2D eigenvalue weighted by Crippen LogP contribution is 2.29.